The highest BCUT2D eigenvalue weighted by atomic mass is 16.5. The van der Waals surface area contributed by atoms with Crippen molar-refractivity contribution < 1.29 is 9.84 Å². The van der Waals surface area contributed by atoms with Gasteiger partial charge in [0, 0.05) is 45.4 Å². The van der Waals surface area contributed by atoms with E-state index in [1.807, 2.05) is 6.07 Å². The van der Waals surface area contributed by atoms with E-state index in [1.54, 1.807) is 6.33 Å². The Morgan fingerprint density at radius 2 is 2.26 bits per heavy atom. The molecule has 2 N–H and O–H groups in total. The average Bonchev–Trinajstić information content (AvgIpc) is 2.60. The molecule has 23 heavy (non-hydrogen) atoms. The van der Waals surface area contributed by atoms with E-state index in [9.17, 15) is 5.11 Å². The lowest BCUT2D eigenvalue weighted by Gasteiger charge is -2.33. The molecule has 2 saturated heterocycles. The standard InChI is InChI=1S/C16H27N5O2/c1-20-5-6-23-14(10-20)8-17-15-7-16(19-12-18-15)21-4-2-3-13(9-21)11-22/h7,12-14,22H,2-6,8-11H2,1H3,(H,17,18,19). The fourth-order valence-electron chi connectivity index (χ4n) is 3.25. The highest BCUT2D eigenvalue weighted by Gasteiger charge is 2.21. The van der Waals surface area contributed by atoms with E-state index in [2.05, 4.69) is 32.1 Å². The van der Waals surface area contributed by atoms with Crippen molar-refractivity contribution in [3.8, 4) is 0 Å². The third-order valence-electron chi connectivity index (χ3n) is 4.61. The number of aliphatic hydroxyl groups is 1. The normalized spacial score (nSPS) is 26.3. The maximum atomic E-state index is 9.37. The lowest BCUT2D eigenvalue weighted by atomic mass is 9.99. The minimum Gasteiger partial charge on any atom is -0.396 e. The Morgan fingerprint density at radius 3 is 3.09 bits per heavy atom. The van der Waals surface area contributed by atoms with Crippen LogP contribution in [0.4, 0.5) is 11.6 Å². The molecule has 0 aromatic carbocycles. The zero-order valence-corrected chi connectivity index (χ0v) is 13.8. The van der Waals surface area contributed by atoms with E-state index in [0.717, 1.165) is 63.8 Å². The summed E-state index contributed by atoms with van der Waals surface area (Å²) in [6.45, 7) is 5.57. The highest BCUT2D eigenvalue weighted by molar-refractivity contribution is 5.48. The Morgan fingerprint density at radius 1 is 1.35 bits per heavy atom. The maximum absolute atomic E-state index is 9.37. The van der Waals surface area contributed by atoms with Crippen molar-refractivity contribution in [1.29, 1.82) is 0 Å². The summed E-state index contributed by atoms with van der Waals surface area (Å²) in [5.74, 6) is 2.11. The largest absolute Gasteiger partial charge is 0.396 e. The first kappa shape index (κ1) is 16.4. The molecule has 2 fully saturated rings. The lowest BCUT2D eigenvalue weighted by molar-refractivity contribution is -0.0117. The van der Waals surface area contributed by atoms with Gasteiger partial charge in [0.1, 0.15) is 18.0 Å². The predicted octanol–water partition coefficient (Wildman–Crippen LogP) is 0.428. The third-order valence-corrected chi connectivity index (χ3v) is 4.61. The van der Waals surface area contributed by atoms with Gasteiger partial charge in [-0.2, -0.15) is 0 Å². The number of nitrogens with one attached hydrogen (secondary N) is 1. The number of hydrogen-bond donors (Lipinski definition) is 2. The molecule has 128 valence electrons. The van der Waals surface area contributed by atoms with Crippen LogP contribution in [-0.2, 0) is 4.74 Å². The Kier molecular flexibility index (Phi) is 5.64. The number of anilines is 2. The van der Waals surface area contributed by atoms with Crippen molar-refractivity contribution in [2.24, 2.45) is 5.92 Å². The van der Waals surface area contributed by atoms with E-state index in [-0.39, 0.29) is 12.7 Å². The molecule has 0 aliphatic carbocycles. The van der Waals surface area contributed by atoms with E-state index in [4.69, 9.17) is 4.74 Å². The van der Waals surface area contributed by atoms with Gasteiger partial charge >= 0.3 is 0 Å². The number of aromatic nitrogens is 2. The fourth-order valence-corrected chi connectivity index (χ4v) is 3.25. The van der Waals surface area contributed by atoms with Gasteiger partial charge in [-0.15, -0.1) is 0 Å². The molecule has 0 bridgehead atoms. The van der Waals surface area contributed by atoms with Crippen LogP contribution < -0.4 is 10.2 Å². The highest BCUT2D eigenvalue weighted by Crippen LogP contribution is 2.22. The van der Waals surface area contributed by atoms with Crippen LogP contribution in [0, 0.1) is 5.92 Å². The van der Waals surface area contributed by atoms with Gasteiger partial charge in [-0.1, -0.05) is 0 Å². The summed E-state index contributed by atoms with van der Waals surface area (Å²) in [6.07, 6.45) is 3.99. The fraction of sp³-hybridized carbons (Fsp3) is 0.750. The first-order valence-corrected chi connectivity index (χ1v) is 8.46. The number of rotatable bonds is 5. The van der Waals surface area contributed by atoms with Crippen molar-refractivity contribution >= 4 is 11.6 Å². The molecule has 2 atom stereocenters. The van der Waals surface area contributed by atoms with Crippen LogP contribution in [0.5, 0.6) is 0 Å². The second-order valence-electron chi connectivity index (χ2n) is 6.53. The molecule has 0 radical (unpaired) electrons. The van der Waals surface area contributed by atoms with Gasteiger partial charge in [0.05, 0.1) is 12.7 Å². The quantitative estimate of drug-likeness (QED) is 0.814. The van der Waals surface area contributed by atoms with Crippen LogP contribution >= 0.6 is 0 Å². The van der Waals surface area contributed by atoms with Crippen molar-refractivity contribution in [2.75, 3.05) is 63.2 Å². The topological polar surface area (TPSA) is 73.8 Å². The van der Waals surface area contributed by atoms with Crippen LogP contribution in [0.1, 0.15) is 12.8 Å². The molecule has 7 nitrogen and oxygen atoms in total. The van der Waals surface area contributed by atoms with E-state index in [0.29, 0.717) is 5.92 Å². The van der Waals surface area contributed by atoms with Crippen LogP contribution in [0.15, 0.2) is 12.4 Å². The summed E-state index contributed by atoms with van der Waals surface area (Å²) in [7, 11) is 2.12. The summed E-state index contributed by atoms with van der Waals surface area (Å²) < 4.78 is 5.76. The molecular weight excluding hydrogens is 294 g/mol. The summed E-state index contributed by atoms with van der Waals surface area (Å²) >= 11 is 0. The smallest absolute Gasteiger partial charge is 0.134 e. The van der Waals surface area contributed by atoms with Gasteiger partial charge in [0.25, 0.3) is 0 Å². The summed E-state index contributed by atoms with van der Waals surface area (Å²) in [4.78, 5) is 13.2. The van der Waals surface area contributed by atoms with Crippen molar-refractivity contribution in [1.82, 2.24) is 14.9 Å². The van der Waals surface area contributed by atoms with Crippen LogP contribution in [0.25, 0.3) is 0 Å². The molecule has 0 spiro atoms. The molecule has 2 unspecified atom stereocenters. The SMILES string of the molecule is CN1CCOC(CNc2cc(N3CCCC(CO)C3)ncn2)C1. The molecular formula is C16H27N5O2. The molecule has 2 aliphatic rings. The zero-order chi connectivity index (χ0) is 16.1. The zero-order valence-electron chi connectivity index (χ0n) is 13.8. The van der Waals surface area contributed by atoms with Gasteiger partial charge in [0.15, 0.2) is 0 Å². The van der Waals surface area contributed by atoms with Gasteiger partial charge in [-0.25, -0.2) is 9.97 Å². The Bertz CT molecular complexity index is 501. The molecule has 0 saturated carbocycles. The Hall–Kier alpha value is -1.44. The molecule has 3 rings (SSSR count). The van der Waals surface area contributed by atoms with E-state index in [1.165, 1.54) is 0 Å². The summed E-state index contributed by atoms with van der Waals surface area (Å²) in [6, 6.07) is 1.99. The number of morpholine rings is 1. The second-order valence-corrected chi connectivity index (χ2v) is 6.53. The van der Waals surface area contributed by atoms with E-state index >= 15 is 0 Å². The van der Waals surface area contributed by atoms with Crippen LogP contribution in [0.3, 0.4) is 0 Å². The van der Waals surface area contributed by atoms with Gasteiger partial charge < -0.3 is 25.0 Å². The van der Waals surface area contributed by atoms with Crippen LogP contribution in [-0.4, -0.2) is 79.1 Å². The molecule has 7 heteroatoms. The number of piperidine rings is 1. The van der Waals surface area contributed by atoms with Gasteiger partial charge in [-0.3, -0.25) is 0 Å². The van der Waals surface area contributed by atoms with Gasteiger partial charge in [0.2, 0.25) is 0 Å². The molecule has 1 aromatic heterocycles. The summed E-state index contributed by atoms with van der Waals surface area (Å²) in [5.41, 5.74) is 0. The minimum absolute atomic E-state index is 0.195. The summed E-state index contributed by atoms with van der Waals surface area (Å²) in [5, 5.41) is 12.7. The number of hydrogen-bond acceptors (Lipinski definition) is 7. The van der Waals surface area contributed by atoms with Crippen LogP contribution in [0.2, 0.25) is 0 Å². The van der Waals surface area contributed by atoms with E-state index < -0.39 is 0 Å². The van der Waals surface area contributed by atoms with Gasteiger partial charge in [-0.05, 0) is 25.8 Å². The monoisotopic (exact) mass is 321 g/mol. The first-order valence-electron chi connectivity index (χ1n) is 8.46. The van der Waals surface area contributed by atoms with Crippen molar-refractivity contribution in [3.63, 3.8) is 0 Å². The molecule has 0 amide bonds. The number of aliphatic hydroxyl groups excluding tert-OH is 1. The van der Waals surface area contributed by atoms with Crippen molar-refractivity contribution in [2.45, 2.75) is 18.9 Å². The Balaban J connectivity index is 1.56. The maximum Gasteiger partial charge on any atom is 0.134 e. The molecule has 3 heterocycles. The second kappa shape index (κ2) is 7.90. The molecule has 1 aromatic rings. The number of ether oxygens (including phenoxy) is 1. The number of likely N-dealkylation sites (N-methyl/N-ethyl adjacent to an activating group) is 1. The number of nitrogens with zero attached hydrogens (tertiary/aromatic N) is 4. The first-order chi connectivity index (χ1) is 11.2. The average molecular weight is 321 g/mol. The molecule has 2 aliphatic heterocycles. The minimum atomic E-state index is 0.195. The van der Waals surface area contributed by atoms with Crippen molar-refractivity contribution in [3.05, 3.63) is 12.4 Å². The predicted molar refractivity (Wildman–Crippen MR) is 89.8 cm³/mol. The lowest BCUT2D eigenvalue weighted by Crippen LogP contribution is -2.43. The Labute approximate surface area is 137 Å². The third kappa shape index (κ3) is 4.53.